The second-order valence-electron chi connectivity index (χ2n) is 5.46. The van der Waals surface area contributed by atoms with E-state index >= 15 is 0 Å². The van der Waals surface area contributed by atoms with Crippen molar-refractivity contribution in [2.24, 2.45) is 5.92 Å². The summed E-state index contributed by atoms with van der Waals surface area (Å²) in [5, 5.41) is 6.72. The molecule has 23 heavy (non-hydrogen) atoms. The summed E-state index contributed by atoms with van der Waals surface area (Å²) in [7, 11) is 0. The van der Waals surface area contributed by atoms with Crippen molar-refractivity contribution < 1.29 is 4.79 Å². The number of benzene rings is 1. The van der Waals surface area contributed by atoms with Crippen LogP contribution in [0.4, 0.5) is 11.6 Å². The van der Waals surface area contributed by atoms with Crippen molar-refractivity contribution in [3.8, 4) is 0 Å². The Morgan fingerprint density at radius 3 is 2.35 bits per heavy atom. The van der Waals surface area contributed by atoms with Gasteiger partial charge in [-0.1, -0.05) is 43.1 Å². The molecule has 2 rings (SSSR count). The highest BCUT2D eigenvalue weighted by atomic mass is 35.5. The summed E-state index contributed by atoms with van der Waals surface area (Å²) in [5.74, 6) is 0.671. The van der Waals surface area contributed by atoms with Crippen molar-refractivity contribution in [2.75, 3.05) is 11.9 Å². The van der Waals surface area contributed by atoms with Crippen LogP contribution in [0.25, 0.3) is 0 Å². The molecule has 0 fully saturated rings. The quantitative estimate of drug-likeness (QED) is 0.812. The Balaban J connectivity index is 2.01. The molecule has 0 aliphatic heterocycles. The highest BCUT2D eigenvalue weighted by Crippen LogP contribution is 2.31. The Morgan fingerprint density at radius 2 is 1.78 bits per heavy atom. The molecule has 1 amide bonds. The van der Waals surface area contributed by atoms with Crippen molar-refractivity contribution in [1.82, 2.24) is 15.3 Å². The van der Waals surface area contributed by atoms with Gasteiger partial charge in [0.2, 0.25) is 5.95 Å². The summed E-state index contributed by atoms with van der Waals surface area (Å²) < 4.78 is 0. The number of nitrogens with zero attached hydrogens (tertiary/aromatic N) is 2. The summed E-state index contributed by atoms with van der Waals surface area (Å²) >= 11 is 12.2. The van der Waals surface area contributed by atoms with E-state index in [-0.39, 0.29) is 5.91 Å². The smallest absolute Gasteiger partial charge is 0.254 e. The summed E-state index contributed by atoms with van der Waals surface area (Å²) in [5.41, 5.74) is 0.939. The molecular formula is C16H18Cl2N4O. The zero-order chi connectivity index (χ0) is 16.8. The molecule has 1 heterocycles. The molecule has 0 saturated carbocycles. The molecule has 0 unspecified atom stereocenters. The largest absolute Gasteiger partial charge is 0.352 e. The van der Waals surface area contributed by atoms with Crippen molar-refractivity contribution in [3.63, 3.8) is 0 Å². The van der Waals surface area contributed by atoms with E-state index in [9.17, 15) is 4.79 Å². The Labute approximate surface area is 145 Å². The molecule has 0 aliphatic carbocycles. The van der Waals surface area contributed by atoms with E-state index < -0.39 is 0 Å². The highest BCUT2D eigenvalue weighted by Gasteiger charge is 2.09. The van der Waals surface area contributed by atoms with Gasteiger partial charge >= 0.3 is 0 Å². The number of aromatic nitrogens is 2. The first kappa shape index (κ1) is 17.5. The maximum atomic E-state index is 12.0. The van der Waals surface area contributed by atoms with Crippen LogP contribution in [0.3, 0.4) is 0 Å². The van der Waals surface area contributed by atoms with Crippen LogP contribution in [-0.4, -0.2) is 22.4 Å². The van der Waals surface area contributed by atoms with E-state index in [0.29, 0.717) is 39.7 Å². The molecule has 0 spiro atoms. The van der Waals surface area contributed by atoms with Crippen molar-refractivity contribution in [1.29, 1.82) is 0 Å². The van der Waals surface area contributed by atoms with Crippen LogP contribution in [0.1, 0.15) is 30.6 Å². The van der Waals surface area contributed by atoms with E-state index in [0.717, 1.165) is 6.42 Å². The predicted molar refractivity (Wildman–Crippen MR) is 93.6 cm³/mol. The molecule has 2 aromatic rings. The minimum absolute atomic E-state index is 0.187. The average Bonchev–Trinajstić information content (AvgIpc) is 2.51. The van der Waals surface area contributed by atoms with Gasteiger partial charge in [-0.05, 0) is 24.5 Å². The third-order valence-corrected chi connectivity index (χ3v) is 3.75. The number of rotatable bonds is 6. The standard InChI is InChI=1S/C16H18Cl2N4O/c1-10(2)6-7-19-15(23)11-8-20-16(21-9-11)22-14-12(17)4-3-5-13(14)18/h3-5,8-10H,6-7H2,1-2H3,(H,19,23)(H,20,21,22). The first-order valence-corrected chi connectivity index (χ1v) is 8.04. The molecular weight excluding hydrogens is 335 g/mol. The fourth-order valence-corrected chi connectivity index (χ4v) is 2.31. The number of hydrogen-bond donors (Lipinski definition) is 2. The van der Waals surface area contributed by atoms with Gasteiger partial charge in [0, 0.05) is 18.9 Å². The van der Waals surface area contributed by atoms with Crippen LogP contribution in [-0.2, 0) is 0 Å². The van der Waals surface area contributed by atoms with Crippen molar-refractivity contribution >= 4 is 40.7 Å². The minimum Gasteiger partial charge on any atom is -0.352 e. The van der Waals surface area contributed by atoms with Crippen LogP contribution in [0.5, 0.6) is 0 Å². The lowest BCUT2D eigenvalue weighted by atomic mass is 10.1. The van der Waals surface area contributed by atoms with Gasteiger partial charge < -0.3 is 10.6 Å². The SMILES string of the molecule is CC(C)CCNC(=O)c1cnc(Nc2c(Cl)cccc2Cl)nc1. The number of halogens is 2. The summed E-state index contributed by atoms with van der Waals surface area (Å²) in [6, 6.07) is 5.18. The van der Waals surface area contributed by atoms with Gasteiger partial charge in [0.25, 0.3) is 5.91 Å². The second kappa shape index (κ2) is 8.13. The van der Waals surface area contributed by atoms with Crippen LogP contribution in [0.2, 0.25) is 10.0 Å². The fraction of sp³-hybridized carbons (Fsp3) is 0.312. The summed E-state index contributed by atoms with van der Waals surface area (Å²) in [6.07, 6.45) is 3.85. The Hall–Kier alpha value is -1.85. The lowest BCUT2D eigenvalue weighted by Gasteiger charge is -2.09. The lowest BCUT2D eigenvalue weighted by molar-refractivity contribution is 0.0951. The Kier molecular flexibility index (Phi) is 6.19. The van der Waals surface area contributed by atoms with E-state index in [1.54, 1.807) is 18.2 Å². The van der Waals surface area contributed by atoms with E-state index in [4.69, 9.17) is 23.2 Å². The van der Waals surface area contributed by atoms with Crippen LogP contribution >= 0.6 is 23.2 Å². The monoisotopic (exact) mass is 352 g/mol. The number of amides is 1. The van der Waals surface area contributed by atoms with Gasteiger partial charge in [0.05, 0.1) is 21.3 Å². The van der Waals surface area contributed by atoms with Crippen LogP contribution in [0, 0.1) is 5.92 Å². The normalized spacial score (nSPS) is 10.7. The molecule has 2 N–H and O–H groups in total. The molecule has 0 aliphatic rings. The number of para-hydroxylation sites is 1. The zero-order valence-corrected chi connectivity index (χ0v) is 14.4. The number of carbonyl (C=O) groups excluding carboxylic acids is 1. The molecule has 0 radical (unpaired) electrons. The number of carbonyl (C=O) groups is 1. The number of nitrogens with one attached hydrogen (secondary N) is 2. The summed E-state index contributed by atoms with van der Waals surface area (Å²) in [4.78, 5) is 20.2. The zero-order valence-electron chi connectivity index (χ0n) is 12.9. The second-order valence-corrected chi connectivity index (χ2v) is 6.27. The molecule has 0 bridgehead atoms. The van der Waals surface area contributed by atoms with Gasteiger partial charge in [-0.2, -0.15) is 0 Å². The van der Waals surface area contributed by atoms with Gasteiger partial charge in [-0.3, -0.25) is 4.79 Å². The number of hydrogen-bond acceptors (Lipinski definition) is 4. The molecule has 0 saturated heterocycles. The molecule has 7 heteroatoms. The molecule has 122 valence electrons. The van der Waals surface area contributed by atoms with Gasteiger partial charge in [-0.15, -0.1) is 0 Å². The van der Waals surface area contributed by atoms with E-state index in [2.05, 4.69) is 34.4 Å². The number of anilines is 2. The fourth-order valence-electron chi connectivity index (χ4n) is 1.82. The van der Waals surface area contributed by atoms with Crippen LogP contribution in [0.15, 0.2) is 30.6 Å². The third-order valence-electron chi connectivity index (χ3n) is 3.12. The topological polar surface area (TPSA) is 66.9 Å². The van der Waals surface area contributed by atoms with Crippen molar-refractivity contribution in [2.45, 2.75) is 20.3 Å². The average molecular weight is 353 g/mol. The van der Waals surface area contributed by atoms with Gasteiger partial charge in [0.1, 0.15) is 0 Å². The van der Waals surface area contributed by atoms with Gasteiger partial charge in [0.15, 0.2) is 0 Å². The Morgan fingerprint density at radius 1 is 1.17 bits per heavy atom. The predicted octanol–water partition coefficient (Wildman–Crippen LogP) is 4.30. The van der Waals surface area contributed by atoms with Gasteiger partial charge in [-0.25, -0.2) is 9.97 Å². The highest BCUT2D eigenvalue weighted by molar-refractivity contribution is 6.39. The third kappa shape index (κ3) is 5.08. The molecule has 0 atom stereocenters. The van der Waals surface area contributed by atoms with Crippen LogP contribution < -0.4 is 10.6 Å². The van der Waals surface area contributed by atoms with E-state index in [1.165, 1.54) is 12.4 Å². The first-order valence-electron chi connectivity index (χ1n) is 7.28. The molecule has 1 aromatic heterocycles. The first-order chi connectivity index (χ1) is 11.0. The summed E-state index contributed by atoms with van der Waals surface area (Å²) in [6.45, 7) is 4.84. The van der Waals surface area contributed by atoms with Crippen molar-refractivity contribution in [3.05, 3.63) is 46.2 Å². The molecule has 1 aromatic carbocycles. The minimum atomic E-state index is -0.187. The molecule has 5 nitrogen and oxygen atoms in total. The maximum Gasteiger partial charge on any atom is 0.254 e. The maximum absolute atomic E-state index is 12.0. The lowest BCUT2D eigenvalue weighted by Crippen LogP contribution is -2.25. The van der Waals surface area contributed by atoms with E-state index in [1.807, 2.05) is 0 Å². The Bertz CT molecular complexity index is 654.